The van der Waals surface area contributed by atoms with E-state index < -0.39 is 17.7 Å². The molecular formula is C29H30F3NO3. The molecule has 0 unspecified atom stereocenters. The van der Waals surface area contributed by atoms with Crippen molar-refractivity contribution >= 4 is 17.3 Å². The highest BCUT2D eigenvalue weighted by Gasteiger charge is 2.52. The van der Waals surface area contributed by atoms with Gasteiger partial charge >= 0.3 is 12.1 Å². The number of fused-ring (bicyclic) bond motifs is 5. The predicted octanol–water partition coefficient (Wildman–Crippen LogP) is 7.09. The third-order valence-corrected chi connectivity index (χ3v) is 8.80. The Kier molecular flexibility index (Phi) is 6.29. The van der Waals surface area contributed by atoms with Gasteiger partial charge in [0.15, 0.2) is 5.78 Å². The van der Waals surface area contributed by atoms with Crippen LogP contribution < -0.4 is 0 Å². The molecule has 0 radical (unpaired) electrons. The molecule has 1 aromatic heterocycles. The van der Waals surface area contributed by atoms with Crippen molar-refractivity contribution in [3.8, 4) is 0 Å². The maximum atomic E-state index is 13.3. The number of alkyl halides is 3. The van der Waals surface area contributed by atoms with Crippen molar-refractivity contribution in [1.82, 2.24) is 4.98 Å². The second kappa shape index (κ2) is 9.16. The van der Waals surface area contributed by atoms with Gasteiger partial charge in [-0.2, -0.15) is 13.2 Å². The van der Waals surface area contributed by atoms with Crippen LogP contribution >= 0.6 is 0 Å². The van der Waals surface area contributed by atoms with Gasteiger partial charge in [0.05, 0.1) is 5.56 Å². The van der Waals surface area contributed by atoms with Gasteiger partial charge in [-0.05, 0) is 96.1 Å². The van der Waals surface area contributed by atoms with Crippen molar-refractivity contribution in [3.63, 3.8) is 0 Å². The summed E-state index contributed by atoms with van der Waals surface area (Å²) < 4.78 is 39.9. The first kappa shape index (κ1) is 24.7. The first-order valence-electron chi connectivity index (χ1n) is 12.7. The number of rotatable bonds is 6. The number of Topliss-reactive ketones (excluding diaryl/α,β-unsaturated/α-hetero) is 1. The van der Waals surface area contributed by atoms with E-state index >= 15 is 0 Å². The van der Waals surface area contributed by atoms with Crippen LogP contribution in [0.4, 0.5) is 13.2 Å². The largest absolute Gasteiger partial charge is 0.481 e. The third kappa shape index (κ3) is 4.37. The quantitative estimate of drug-likeness (QED) is 0.433. The fourth-order valence-corrected chi connectivity index (χ4v) is 7.06. The maximum absolute atomic E-state index is 13.3. The number of pyridine rings is 1. The summed E-state index contributed by atoms with van der Waals surface area (Å²) in [7, 11) is 0. The Bertz CT molecular complexity index is 1230. The molecule has 5 rings (SSSR count). The number of hydrogen-bond donors (Lipinski definition) is 1. The molecule has 1 fully saturated rings. The lowest BCUT2D eigenvalue weighted by molar-refractivity contribution is -0.138. The average Bonchev–Trinajstić information content (AvgIpc) is 3.20. The highest BCUT2D eigenvalue weighted by atomic mass is 19.4. The summed E-state index contributed by atoms with van der Waals surface area (Å²) in [6.45, 7) is 2.21. The van der Waals surface area contributed by atoms with Crippen molar-refractivity contribution in [2.24, 2.45) is 17.3 Å². The van der Waals surface area contributed by atoms with Gasteiger partial charge in [0.1, 0.15) is 0 Å². The molecule has 2 aromatic rings. The number of ketones is 1. The first-order valence-corrected chi connectivity index (χ1v) is 12.7. The summed E-state index contributed by atoms with van der Waals surface area (Å²) in [5, 5.41) is 8.81. The van der Waals surface area contributed by atoms with Crippen molar-refractivity contribution in [2.45, 2.75) is 70.4 Å². The molecule has 190 valence electrons. The molecule has 0 spiro atoms. The lowest BCUT2D eigenvalue weighted by atomic mass is 9.54. The van der Waals surface area contributed by atoms with Gasteiger partial charge in [0, 0.05) is 30.8 Å². The molecule has 0 bridgehead atoms. The smallest absolute Gasteiger partial charge is 0.417 e. The van der Waals surface area contributed by atoms with Gasteiger partial charge in [0.2, 0.25) is 0 Å². The summed E-state index contributed by atoms with van der Waals surface area (Å²) in [5.41, 5.74) is 3.85. The maximum Gasteiger partial charge on any atom is 0.417 e. The van der Waals surface area contributed by atoms with Gasteiger partial charge in [-0.25, -0.2) is 0 Å². The number of aliphatic carboxylic acids is 1. The number of carbonyl (C=O) groups excluding carboxylic acids is 1. The van der Waals surface area contributed by atoms with Gasteiger partial charge in [-0.1, -0.05) is 25.1 Å². The monoisotopic (exact) mass is 497 g/mol. The summed E-state index contributed by atoms with van der Waals surface area (Å²) in [6, 6.07) is 7.20. The molecule has 0 aliphatic heterocycles. The Morgan fingerprint density at radius 3 is 2.69 bits per heavy atom. The predicted molar refractivity (Wildman–Crippen MR) is 129 cm³/mol. The van der Waals surface area contributed by atoms with E-state index in [0.717, 1.165) is 43.9 Å². The van der Waals surface area contributed by atoms with Crippen LogP contribution in [0.2, 0.25) is 0 Å². The van der Waals surface area contributed by atoms with Crippen LogP contribution in [0.1, 0.15) is 90.4 Å². The summed E-state index contributed by atoms with van der Waals surface area (Å²) in [4.78, 5) is 27.2. The van der Waals surface area contributed by atoms with Crippen molar-refractivity contribution in [1.29, 1.82) is 0 Å². The number of aromatic nitrogens is 1. The number of nitrogens with zero attached hydrogens (tertiary/aromatic N) is 1. The number of allylic oxidation sites excluding steroid dienone is 2. The number of benzene rings is 1. The molecule has 0 amide bonds. The van der Waals surface area contributed by atoms with Crippen LogP contribution in [0.5, 0.6) is 0 Å². The molecule has 7 heteroatoms. The molecule has 1 heterocycles. The number of carbonyl (C=O) groups is 2. The van der Waals surface area contributed by atoms with E-state index in [9.17, 15) is 22.8 Å². The van der Waals surface area contributed by atoms with Crippen molar-refractivity contribution in [2.75, 3.05) is 0 Å². The van der Waals surface area contributed by atoms with E-state index in [2.05, 4.69) is 24.1 Å². The fraction of sp³-hybridized carbons (Fsp3) is 0.483. The molecule has 4 nitrogen and oxygen atoms in total. The lowest BCUT2D eigenvalue weighted by Gasteiger charge is -2.50. The van der Waals surface area contributed by atoms with E-state index in [0.29, 0.717) is 35.3 Å². The normalized spacial score (nSPS) is 27.0. The number of carboxylic acids is 1. The molecular weight excluding hydrogens is 467 g/mol. The minimum atomic E-state index is -4.41. The fourth-order valence-electron chi connectivity index (χ4n) is 7.06. The average molecular weight is 498 g/mol. The van der Waals surface area contributed by atoms with Crippen LogP contribution in [0.3, 0.4) is 0 Å². The second-order valence-electron chi connectivity index (χ2n) is 10.8. The Hall–Kier alpha value is -2.96. The SMILES string of the molecule is C[C@]12CC[C@@H]3c4ccc(C(=O)CCCC(=O)O)cc4CC[C@H]3[C@@H]1CC=C2c1cncc(C(F)(F)F)c1. The van der Waals surface area contributed by atoms with Crippen LogP contribution in [0, 0.1) is 17.3 Å². The van der Waals surface area contributed by atoms with Gasteiger partial charge in [0.25, 0.3) is 0 Å². The minimum absolute atomic E-state index is 0.00677. The van der Waals surface area contributed by atoms with Crippen LogP contribution in [0.25, 0.3) is 5.57 Å². The molecule has 1 aromatic carbocycles. The Morgan fingerprint density at radius 1 is 1.14 bits per heavy atom. The van der Waals surface area contributed by atoms with E-state index in [-0.39, 0.29) is 24.0 Å². The van der Waals surface area contributed by atoms with Crippen LogP contribution in [-0.4, -0.2) is 21.8 Å². The van der Waals surface area contributed by atoms with Gasteiger partial charge < -0.3 is 5.11 Å². The van der Waals surface area contributed by atoms with Crippen molar-refractivity contribution < 1.29 is 27.9 Å². The van der Waals surface area contributed by atoms with E-state index in [1.807, 2.05) is 12.1 Å². The molecule has 0 saturated heterocycles. The Morgan fingerprint density at radius 2 is 1.94 bits per heavy atom. The second-order valence-corrected chi connectivity index (χ2v) is 10.8. The van der Waals surface area contributed by atoms with E-state index in [4.69, 9.17) is 5.11 Å². The third-order valence-electron chi connectivity index (χ3n) is 8.80. The van der Waals surface area contributed by atoms with Crippen LogP contribution in [0.15, 0.2) is 42.7 Å². The highest BCUT2D eigenvalue weighted by molar-refractivity contribution is 5.96. The number of hydrogen-bond acceptors (Lipinski definition) is 3. The topological polar surface area (TPSA) is 67.3 Å². The standard InChI is InChI=1S/C29H30F3NO3/c1-28-12-11-22-21-7-6-18(26(34)3-2-4-27(35)36)13-17(21)5-8-23(22)25(28)10-9-24(28)19-14-20(16-33-15-19)29(30,31)32/h6-7,9,13-16,22-23,25H,2-5,8,10-12H2,1H3,(H,35,36)/t22-,23-,25+,28-/m1/s1. The van der Waals surface area contributed by atoms with Gasteiger partial charge in [-0.3, -0.25) is 14.6 Å². The lowest BCUT2D eigenvalue weighted by Crippen LogP contribution is -2.41. The van der Waals surface area contributed by atoms with E-state index in [1.54, 1.807) is 6.20 Å². The summed E-state index contributed by atoms with van der Waals surface area (Å²) >= 11 is 0. The molecule has 4 atom stereocenters. The van der Waals surface area contributed by atoms with E-state index in [1.165, 1.54) is 17.2 Å². The summed E-state index contributed by atoms with van der Waals surface area (Å²) in [5.74, 6) is 0.289. The first-order chi connectivity index (χ1) is 17.1. The zero-order valence-electron chi connectivity index (χ0n) is 20.3. The van der Waals surface area contributed by atoms with Crippen LogP contribution in [-0.2, 0) is 17.4 Å². The number of aryl methyl sites for hydroxylation is 1. The zero-order chi connectivity index (χ0) is 25.7. The zero-order valence-corrected chi connectivity index (χ0v) is 20.3. The highest BCUT2D eigenvalue weighted by Crippen LogP contribution is 2.63. The molecule has 3 aliphatic carbocycles. The van der Waals surface area contributed by atoms with Crippen molar-refractivity contribution in [3.05, 3.63) is 70.6 Å². The molecule has 1 N–H and O–H groups in total. The molecule has 36 heavy (non-hydrogen) atoms. The Labute approximate surface area is 208 Å². The number of halogens is 3. The molecule has 1 saturated carbocycles. The molecule has 3 aliphatic rings. The number of carboxylic acid groups (broad SMARTS) is 1. The Balaban J connectivity index is 1.35. The summed E-state index contributed by atoms with van der Waals surface area (Å²) in [6.07, 6.45) is 5.33. The van der Waals surface area contributed by atoms with Gasteiger partial charge in [-0.15, -0.1) is 0 Å². The minimum Gasteiger partial charge on any atom is -0.481 e.